The van der Waals surface area contributed by atoms with Crippen LogP contribution in [0.25, 0.3) is 10.9 Å². The smallest absolute Gasteiger partial charge is 0.271 e. The predicted molar refractivity (Wildman–Crippen MR) is 88.2 cm³/mol. The molecule has 1 aliphatic heterocycles. The number of ether oxygens (including phenoxy) is 1. The van der Waals surface area contributed by atoms with Gasteiger partial charge in [-0.2, -0.15) is 0 Å². The van der Waals surface area contributed by atoms with Crippen LogP contribution in [0.4, 0.5) is 4.39 Å². The minimum absolute atomic E-state index is 0.0853. The first-order valence-corrected chi connectivity index (χ1v) is 8.99. The molecule has 4 rings (SSSR count). The molecule has 5 nitrogen and oxygen atoms in total. The molecule has 1 aromatic heterocycles. The Kier molecular flexibility index (Phi) is 3.54. The SMILES string of the molecule is O=S(=O)(c1ccccc1F)n1ccc2c(OC3CNC3)cccc21. The summed E-state index contributed by atoms with van der Waals surface area (Å²) in [7, 11) is -4.02. The van der Waals surface area contributed by atoms with E-state index in [2.05, 4.69) is 5.32 Å². The number of benzene rings is 2. The molecule has 1 saturated heterocycles. The summed E-state index contributed by atoms with van der Waals surface area (Å²) >= 11 is 0. The van der Waals surface area contributed by atoms with Crippen molar-refractivity contribution >= 4 is 20.9 Å². The fraction of sp³-hybridized carbons (Fsp3) is 0.176. The lowest BCUT2D eigenvalue weighted by molar-refractivity contribution is 0.144. The maximum atomic E-state index is 14.0. The van der Waals surface area contributed by atoms with Gasteiger partial charge in [-0.05, 0) is 30.3 Å². The lowest BCUT2D eigenvalue weighted by atomic mass is 10.2. The number of fused-ring (bicyclic) bond motifs is 1. The Balaban J connectivity index is 1.83. The first-order valence-electron chi connectivity index (χ1n) is 7.55. The molecule has 0 saturated carbocycles. The standard InChI is InChI=1S/C17H15FN2O3S/c18-14-4-1-2-7-17(14)24(21,22)20-9-8-13-15(20)5-3-6-16(13)23-12-10-19-11-12/h1-9,12,19H,10-11H2. The summed E-state index contributed by atoms with van der Waals surface area (Å²) in [6.07, 6.45) is 1.51. The zero-order valence-electron chi connectivity index (χ0n) is 12.6. The second-order valence-corrected chi connectivity index (χ2v) is 7.42. The zero-order chi connectivity index (χ0) is 16.7. The Morgan fingerprint density at radius 1 is 1.08 bits per heavy atom. The third kappa shape index (κ3) is 2.37. The van der Waals surface area contributed by atoms with E-state index < -0.39 is 15.8 Å². The summed E-state index contributed by atoms with van der Waals surface area (Å²) in [5.41, 5.74) is 0.461. The number of nitrogens with zero attached hydrogens (tertiary/aromatic N) is 1. The van der Waals surface area contributed by atoms with Crippen molar-refractivity contribution in [3.05, 3.63) is 60.5 Å². The van der Waals surface area contributed by atoms with E-state index in [-0.39, 0.29) is 11.0 Å². The van der Waals surface area contributed by atoms with Gasteiger partial charge in [0.25, 0.3) is 10.0 Å². The average Bonchev–Trinajstić information content (AvgIpc) is 2.96. The predicted octanol–water partition coefficient (Wildman–Crippen LogP) is 2.37. The van der Waals surface area contributed by atoms with Crippen molar-refractivity contribution in [1.82, 2.24) is 9.29 Å². The fourth-order valence-electron chi connectivity index (χ4n) is 2.71. The van der Waals surface area contributed by atoms with Crippen molar-refractivity contribution in [2.24, 2.45) is 0 Å². The molecule has 0 atom stereocenters. The first kappa shape index (κ1) is 15.2. The van der Waals surface area contributed by atoms with Gasteiger partial charge in [0.05, 0.1) is 5.52 Å². The maximum Gasteiger partial charge on any atom is 0.271 e. The molecule has 7 heteroatoms. The van der Waals surface area contributed by atoms with Gasteiger partial charge in [0.2, 0.25) is 0 Å². The van der Waals surface area contributed by atoms with Gasteiger partial charge in [-0.25, -0.2) is 16.8 Å². The summed E-state index contributed by atoms with van der Waals surface area (Å²) in [6, 6.07) is 12.3. The third-order valence-corrected chi connectivity index (χ3v) is 5.79. The van der Waals surface area contributed by atoms with Gasteiger partial charge < -0.3 is 10.1 Å². The molecule has 3 aromatic rings. The molecule has 0 unspecified atom stereocenters. The van der Waals surface area contributed by atoms with Crippen molar-refractivity contribution in [2.45, 2.75) is 11.0 Å². The molecule has 2 aromatic carbocycles. The maximum absolute atomic E-state index is 14.0. The summed E-state index contributed by atoms with van der Waals surface area (Å²) in [5, 5.41) is 3.80. The Morgan fingerprint density at radius 2 is 1.88 bits per heavy atom. The van der Waals surface area contributed by atoms with Crippen LogP contribution in [0.1, 0.15) is 0 Å². The monoisotopic (exact) mass is 346 g/mol. The molecule has 1 N–H and O–H groups in total. The van der Waals surface area contributed by atoms with E-state index in [1.54, 1.807) is 24.3 Å². The minimum atomic E-state index is -4.02. The van der Waals surface area contributed by atoms with Gasteiger partial charge in [0.15, 0.2) is 0 Å². The number of hydrogen-bond donors (Lipinski definition) is 1. The van der Waals surface area contributed by atoms with Crippen molar-refractivity contribution in [2.75, 3.05) is 13.1 Å². The van der Waals surface area contributed by atoms with Crippen LogP contribution in [0, 0.1) is 5.82 Å². The van der Waals surface area contributed by atoms with Crippen LogP contribution in [-0.4, -0.2) is 31.6 Å². The zero-order valence-corrected chi connectivity index (χ0v) is 13.5. The summed E-state index contributed by atoms with van der Waals surface area (Å²) in [5.74, 6) is -0.145. The van der Waals surface area contributed by atoms with E-state index in [1.807, 2.05) is 0 Å². The summed E-state index contributed by atoms with van der Waals surface area (Å²) < 4.78 is 46.5. The van der Waals surface area contributed by atoms with Crippen LogP contribution in [0.15, 0.2) is 59.6 Å². The van der Waals surface area contributed by atoms with E-state index in [0.717, 1.165) is 23.1 Å². The Bertz CT molecular complexity index is 1010. The highest BCUT2D eigenvalue weighted by Crippen LogP contribution is 2.30. The number of aromatic nitrogens is 1. The summed E-state index contributed by atoms with van der Waals surface area (Å²) in [6.45, 7) is 1.54. The van der Waals surface area contributed by atoms with Crippen molar-refractivity contribution in [3.63, 3.8) is 0 Å². The number of hydrogen-bond acceptors (Lipinski definition) is 4. The number of nitrogens with one attached hydrogen (secondary N) is 1. The van der Waals surface area contributed by atoms with E-state index in [4.69, 9.17) is 4.74 Å². The van der Waals surface area contributed by atoms with Crippen LogP contribution in [0.2, 0.25) is 0 Å². The Labute approximate surface area is 138 Å². The molecule has 2 heterocycles. The van der Waals surface area contributed by atoms with Gasteiger partial charge in [-0.3, -0.25) is 0 Å². The van der Waals surface area contributed by atoms with Crippen molar-refractivity contribution in [1.29, 1.82) is 0 Å². The molecule has 0 spiro atoms. The van der Waals surface area contributed by atoms with Crippen LogP contribution >= 0.6 is 0 Å². The molecular weight excluding hydrogens is 331 g/mol. The topological polar surface area (TPSA) is 60.3 Å². The fourth-order valence-corrected chi connectivity index (χ4v) is 4.13. The molecule has 0 amide bonds. The van der Waals surface area contributed by atoms with Crippen LogP contribution < -0.4 is 10.1 Å². The van der Waals surface area contributed by atoms with E-state index >= 15 is 0 Å². The highest BCUT2D eigenvalue weighted by Gasteiger charge is 2.24. The highest BCUT2D eigenvalue weighted by atomic mass is 32.2. The second kappa shape index (κ2) is 5.61. The number of rotatable bonds is 4. The molecule has 0 aliphatic carbocycles. The molecule has 1 aliphatic rings. The molecule has 1 fully saturated rings. The average molecular weight is 346 g/mol. The lowest BCUT2D eigenvalue weighted by Gasteiger charge is -2.28. The summed E-state index contributed by atoms with van der Waals surface area (Å²) in [4.78, 5) is -0.350. The molecular formula is C17H15FN2O3S. The van der Waals surface area contributed by atoms with Crippen LogP contribution in [-0.2, 0) is 10.0 Å². The van der Waals surface area contributed by atoms with Gasteiger partial charge in [-0.15, -0.1) is 0 Å². The van der Waals surface area contributed by atoms with E-state index in [0.29, 0.717) is 16.7 Å². The van der Waals surface area contributed by atoms with Gasteiger partial charge in [0.1, 0.15) is 22.6 Å². The largest absolute Gasteiger partial charge is 0.487 e. The van der Waals surface area contributed by atoms with Gasteiger partial charge in [-0.1, -0.05) is 18.2 Å². The van der Waals surface area contributed by atoms with Crippen molar-refractivity contribution < 1.29 is 17.5 Å². The van der Waals surface area contributed by atoms with E-state index in [9.17, 15) is 12.8 Å². The van der Waals surface area contributed by atoms with E-state index in [1.165, 1.54) is 24.4 Å². The lowest BCUT2D eigenvalue weighted by Crippen LogP contribution is -2.50. The van der Waals surface area contributed by atoms with Gasteiger partial charge in [0, 0.05) is 24.7 Å². The third-order valence-electron chi connectivity index (χ3n) is 4.07. The van der Waals surface area contributed by atoms with Crippen LogP contribution in [0.3, 0.4) is 0 Å². The Hall–Kier alpha value is -2.38. The molecule has 0 radical (unpaired) electrons. The van der Waals surface area contributed by atoms with Crippen LogP contribution in [0.5, 0.6) is 5.75 Å². The number of halogens is 1. The molecule has 0 bridgehead atoms. The molecule has 24 heavy (non-hydrogen) atoms. The highest BCUT2D eigenvalue weighted by molar-refractivity contribution is 7.90. The van der Waals surface area contributed by atoms with Crippen molar-refractivity contribution in [3.8, 4) is 5.75 Å². The minimum Gasteiger partial charge on any atom is -0.487 e. The second-order valence-electron chi connectivity index (χ2n) is 5.63. The normalized spacial score (nSPS) is 15.4. The Morgan fingerprint density at radius 3 is 2.58 bits per heavy atom. The quantitative estimate of drug-likeness (QED) is 0.788. The molecule has 124 valence electrons. The van der Waals surface area contributed by atoms with Gasteiger partial charge >= 0.3 is 0 Å². The first-order chi connectivity index (χ1) is 11.6.